The number of hydrogen-bond acceptors (Lipinski definition) is 4. The molecule has 1 amide bonds. The highest BCUT2D eigenvalue weighted by Gasteiger charge is 2.24. The second-order valence-electron chi connectivity index (χ2n) is 6.14. The van der Waals surface area contributed by atoms with Crippen LogP contribution >= 0.6 is 0 Å². The average Bonchev–Trinajstić information content (AvgIpc) is 3.06. The molecular weight excluding hydrogens is 344 g/mol. The molecule has 0 radical (unpaired) electrons. The van der Waals surface area contributed by atoms with Gasteiger partial charge in [-0.25, -0.2) is 4.79 Å². The summed E-state index contributed by atoms with van der Waals surface area (Å²) in [4.78, 5) is 28.2. The monoisotopic (exact) mass is 366 g/mol. The van der Waals surface area contributed by atoms with E-state index in [1.54, 1.807) is 25.3 Å². The lowest BCUT2D eigenvalue weighted by Crippen LogP contribution is -2.22. The summed E-state index contributed by atoms with van der Waals surface area (Å²) in [7, 11) is 2.87. The van der Waals surface area contributed by atoms with Crippen molar-refractivity contribution in [1.29, 1.82) is 0 Å². The Morgan fingerprint density at radius 2 is 1.85 bits per heavy atom. The molecule has 3 rings (SSSR count). The van der Waals surface area contributed by atoms with Crippen molar-refractivity contribution in [3.05, 3.63) is 59.8 Å². The molecule has 1 heterocycles. The fourth-order valence-corrected chi connectivity index (χ4v) is 3.16. The van der Waals surface area contributed by atoms with Gasteiger partial charge in [-0.3, -0.25) is 4.79 Å². The summed E-state index contributed by atoms with van der Waals surface area (Å²) in [5, 5.41) is 3.64. The van der Waals surface area contributed by atoms with Gasteiger partial charge in [0.05, 0.1) is 31.3 Å². The van der Waals surface area contributed by atoms with E-state index in [0.29, 0.717) is 28.8 Å². The molecule has 2 aromatic carbocycles. The maximum Gasteiger partial charge on any atom is 0.356 e. The van der Waals surface area contributed by atoms with Crippen LogP contribution in [0, 0.1) is 0 Å². The van der Waals surface area contributed by atoms with Gasteiger partial charge >= 0.3 is 5.97 Å². The molecule has 0 saturated carbocycles. The normalized spacial score (nSPS) is 11.8. The highest BCUT2D eigenvalue weighted by Crippen LogP contribution is 2.32. The van der Waals surface area contributed by atoms with E-state index in [1.165, 1.54) is 7.11 Å². The number of methoxy groups -OCH3 is 2. The number of amides is 1. The molecule has 27 heavy (non-hydrogen) atoms. The third-order valence-corrected chi connectivity index (χ3v) is 4.57. The van der Waals surface area contributed by atoms with Crippen LogP contribution in [-0.2, 0) is 9.53 Å². The predicted molar refractivity (Wildman–Crippen MR) is 104 cm³/mol. The molecule has 3 aromatic rings. The summed E-state index contributed by atoms with van der Waals surface area (Å²) in [5.41, 5.74) is 2.23. The SMILES string of the molecule is CC[C@@H](C(=O)Nc1c(C(=O)OC)[nH]c2cc(OC)ccc12)c1ccccc1. The van der Waals surface area contributed by atoms with Gasteiger partial charge in [0.15, 0.2) is 0 Å². The van der Waals surface area contributed by atoms with Gasteiger partial charge in [0.25, 0.3) is 0 Å². The molecule has 2 N–H and O–H groups in total. The Kier molecular flexibility index (Phi) is 5.45. The lowest BCUT2D eigenvalue weighted by Gasteiger charge is -2.16. The number of anilines is 1. The minimum absolute atomic E-state index is 0.175. The zero-order valence-electron chi connectivity index (χ0n) is 15.5. The first-order valence-electron chi connectivity index (χ1n) is 8.72. The minimum atomic E-state index is -0.548. The van der Waals surface area contributed by atoms with Gasteiger partial charge in [-0.1, -0.05) is 37.3 Å². The predicted octanol–water partition coefficient (Wildman–Crippen LogP) is 4.10. The number of carbonyl (C=O) groups is 2. The van der Waals surface area contributed by atoms with Crippen LogP contribution < -0.4 is 10.1 Å². The number of fused-ring (bicyclic) bond motifs is 1. The molecule has 140 valence electrons. The zero-order chi connectivity index (χ0) is 19.4. The van der Waals surface area contributed by atoms with Crippen LogP contribution in [0.2, 0.25) is 0 Å². The summed E-state index contributed by atoms with van der Waals surface area (Å²) in [5.74, 6) is -0.396. The molecule has 0 bridgehead atoms. The highest BCUT2D eigenvalue weighted by atomic mass is 16.5. The highest BCUT2D eigenvalue weighted by molar-refractivity contribution is 6.12. The van der Waals surface area contributed by atoms with Crippen LogP contribution in [0.5, 0.6) is 5.75 Å². The Labute approximate surface area is 157 Å². The van der Waals surface area contributed by atoms with E-state index < -0.39 is 5.97 Å². The van der Waals surface area contributed by atoms with E-state index in [1.807, 2.05) is 37.3 Å². The van der Waals surface area contributed by atoms with Crippen LogP contribution in [0.1, 0.15) is 35.3 Å². The summed E-state index contributed by atoms with van der Waals surface area (Å²) in [6.45, 7) is 1.96. The Morgan fingerprint density at radius 1 is 1.11 bits per heavy atom. The van der Waals surface area contributed by atoms with Crippen molar-refractivity contribution >= 4 is 28.5 Å². The number of rotatable bonds is 6. The second kappa shape index (κ2) is 7.95. The Morgan fingerprint density at radius 3 is 2.48 bits per heavy atom. The molecule has 6 nitrogen and oxygen atoms in total. The summed E-state index contributed by atoms with van der Waals surface area (Å²) in [6.07, 6.45) is 0.638. The number of hydrogen-bond donors (Lipinski definition) is 2. The lowest BCUT2D eigenvalue weighted by atomic mass is 9.95. The van der Waals surface area contributed by atoms with Crippen LogP contribution in [-0.4, -0.2) is 31.1 Å². The van der Waals surface area contributed by atoms with Gasteiger partial charge in [-0.2, -0.15) is 0 Å². The first-order valence-corrected chi connectivity index (χ1v) is 8.72. The molecule has 0 aliphatic heterocycles. The van der Waals surface area contributed by atoms with Gasteiger partial charge < -0.3 is 19.8 Å². The maximum atomic E-state index is 13.0. The van der Waals surface area contributed by atoms with Crippen molar-refractivity contribution in [2.45, 2.75) is 19.3 Å². The van der Waals surface area contributed by atoms with E-state index in [-0.39, 0.29) is 17.5 Å². The molecule has 6 heteroatoms. The van der Waals surface area contributed by atoms with Gasteiger partial charge in [0.1, 0.15) is 11.4 Å². The number of aromatic nitrogens is 1. The molecule has 0 fully saturated rings. The second-order valence-corrected chi connectivity index (χ2v) is 6.14. The number of benzene rings is 2. The Bertz CT molecular complexity index is 963. The number of ether oxygens (including phenoxy) is 2. The molecule has 0 aliphatic rings. The van der Waals surface area contributed by atoms with Crippen molar-refractivity contribution < 1.29 is 19.1 Å². The molecule has 0 unspecified atom stereocenters. The Hall–Kier alpha value is -3.28. The van der Waals surface area contributed by atoms with E-state index in [4.69, 9.17) is 9.47 Å². The fourth-order valence-electron chi connectivity index (χ4n) is 3.16. The van der Waals surface area contributed by atoms with Crippen LogP contribution in [0.25, 0.3) is 10.9 Å². The van der Waals surface area contributed by atoms with Crippen LogP contribution in [0.4, 0.5) is 5.69 Å². The van der Waals surface area contributed by atoms with Gasteiger partial charge in [0.2, 0.25) is 5.91 Å². The average molecular weight is 366 g/mol. The van der Waals surface area contributed by atoms with Crippen LogP contribution in [0.3, 0.4) is 0 Å². The number of carbonyl (C=O) groups excluding carboxylic acids is 2. The number of nitrogens with one attached hydrogen (secondary N) is 2. The van der Waals surface area contributed by atoms with E-state index in [9.17, 15) is 9.59 Å². The van der Waals surface area contributed by atoms with E-state index in [2.05, 4.69) is 10.3 Å². The van der Waals surface area contributed by atoms with Crippen molar-refractivity contribution in [1.82, 2.24) is 4.98 Å². The lowest BCUT2D eigenvalue weighted by molar-refractivity contribution is -0.117. The van der Waals surface area contributed by atoms with Crippen molar-refractivity contribution in [3.8, 4) is 5.75 Å². The Balaban J connectivity index is 2.01. The van der Waals surface area contributed by atoms with Gasteiger partial charge in [-0.05, 0) is 24.1 Å². The summed E-state index contributed by atoms with van der Waals surface area (Å²) >= 11 is 0. The standard InChI is InChI=1S/C21H22N2O4/c1-4-15(13-8-6-5-7-9-13)20(24)23-18-16-11-10-14(26-2)12-17(16)22-19(18)21(25)27-3/h5-12,15,22H,4H2,1-3H3,(H,23,24)/t15-/m1/s1. The minimum Gasteiger partial charge on any atom is -0.497 e. The third-order valence-electron chi connectivity index (χ3n) is 4.57. The summed E-state index contributed by atoms with van der Waals surface area (Å²) in [6, 6.07) is 14.9. The van der Waals surface area contributed by atoms with E-state index in [0.717, 1.165) is 5.56 Å². The molecule has 0 spiro atoms. The number of aromatic amines is 1. The number of H-pyrrole nitrogens is 1. The quantitative estimate of drug-likeness (QED) is 0.644. The van der Waals surface area contributed by atoms with Gasteiger partial charge in [-0.15, -0.1) is 0 Å². The number of esters is 1. The smallest absolute Gasteiger partial charge is 0.356 e. The third kappa shape index (κ3) is 3.65. The van der Waals surface area contributed by atoms with Crippen molar-refractivity contribution in [3.63, 3.8) is 0 Å². The van der Waals surface area contributed by atoms with Crippen molar-refractivity contribution in [2.24, 2.45) is 0 Å². The zero-order valence-corrected chi connectivity index (χ0v) is 15.5. The molecule has 1 atom stereocenters. The van der Waals surface area contributed by atoms with Gasteiger partial charge in [0, 0.05) is 11.5 Å². The summed E-state index contributed by atoms with van der Waals surface area (Å²) < 4.78 is 10.1. The van der Waals surface area contributed by atoms with E-state index >= 15 is 0 Å². The van der Waals surface area contributed by atoms with Crippen LogP contribution in [0.15, 0.2) is 48.5 Å². The first kappa shape index (κ1) is 18.5. The largest absolute Gasteiger partial charge is 0.497 e. The molecule has 1 aromatic heterocycles. The molecule has 0 saturated heterocycles. The van der Waals surface area contributed by atoms with Crippen molar-refractivity contribution in [2.75, 3.05) is 19.5 Å². The fraction of sp³-hybridized carbons (Fsp3) is 0.238. The topological polar surface area (TPSA) is 80.4 Å². The molecule has 0 aliphatic carbocycles. The maximum absolute atomic E-state index is 13.0. The molecular formula is C21H22N2O4. The first-order chi connectivity index (χ1) is 13.1.